The largest absolute Gasteiger partial charge is 0.497 e. The zero-order chi connectivity index (χ0) is 29.4. The molecule has 0 fully saturated rings. The maximum Gasteiger partial charge on any atom is 0.220 e. The lowest BCUT2D eigenvalue weighted by Gasteiger charge is -2.21. The van der Waals surface area contributed by atoms with Gasteiger partial charge in [0.1, 0.15) is 18.1 Å². The van der Waals surface area contributed by atoms with Crippen molar-refractivity contribution in [1.82, 2.24) is 5.32 Å². The van der Waals surface area contributed by atoms with Crippen LogP contribution in [0.1, 0.15) is 35.6 Å². The molecule has 2 atom stereocenters. The van der Waals surface area contributed by atoms with Gasteiger partial charge in [-0.2, -0.15) is 0 Å². The third-order valence-electron chi connectivity index (χ3n) is 6.87. The lowest BCUT2D eigenvalue weighted by Crippen LogP contribution is -2.40. The average molecular weight is 568 g/mol. The molecule has 4 aromatic carbocycles. The van der Waals surface area contributed by atoms with Crippen LogP contribution in [-0.2, 0) is 40.3 Å². The summed E-state index contributed by atoms with van der Waals surface area (Å²) in [5, 5.41) is 3.19. The second kappa shape index (κ2) is 17.0. The van der Waals surface area contributed by atoms with Gasteiger partial charge in [0.25, 0.3) is 0 Å². The minimum atomic E-state index is -0.168. The van der Waals surface area contributed by atoms with E-state index in [1.807, 2.05) is 116 Å². The zero-order valence-corrected chi connectivity index (χ0v) is 24.5. The second-order valence-corrected chi connectivity index (χ2v) is 10.4. The molecule has 0 bridgehead atoms. The van der Waals surface area contributed by atoms with E-state index in [4.69, 9.17) is 18.9 Å². The summed E-state index contributed by atoms with van der Waals surface area (Å²) >= 11 is 0. The van der Waals surface area contributed by atoms with Gasteiger partial charge in [0.05, 0.1) is 39.1 Å². The lowest BCUT2D eigenvalue weighted by atomic mass is 10.1. The van der Waals surface area contributed by atoms with E-state index >= 15 is 0 Å². The highest BCUT2D eigenvalue weighted by Crippen LogP contribution is 2.16. The summed E-state index contributed by atoms with van der Waals surface area (Å²) in [5.41, 5.74) is 4.44. The third-order valence-corrected chi connectivity index (χ3v) is 6.87. The van der Waals surface area contributed by atoms with Crippen molar-refractivity contribution < 1.29 is 23.7 Å². The molecule has 0 aliphatic heterocycles. The van der Waals surface area contributed by atoms with E-state index in [1.165, 1.54) is 0 Å². The summed E-state index contributed by atoms with van der Waals surface area (Å²) in [7, 11) is 1.65. The molecule has 4 aromatic rings. The molecule has 1 amide bonds. The highest BCUT2D eigenvalue weighted by atomic mass is 16.5. The van der Waals surface area contributed by atoms with Gasteiger partial charge in [-0.1, -0.05) is 84.9 Å². The Hall–Kier alpha value is -4.13. The highest BCUT2D eigenvalue weighted by molar-refractivity contribution is 5.76. The summed E-state index contributed by atoms with van der Waals surface area (Å²) in [6.45, 7) is 3.82. The van der Waals surface area contributed by atoms with E-state index in [2.05, 4.69) is 5.32 Å². The number of amides is 1. The first-order valence-electron chi connectivity index (χ1n) is 14.5. The van der Waals surface area contributed by atoms with Crippen molar-refractivity contribution in [2.24, 2.45) is 0 Å². The Morgan fingerprint density at radius 2 is 1.29 bits per heavy atom. The van der Waals surface area contributed by atoms with Gasteiger partial charge in [-0.3, -0.25) is 4.79 Å². The number of carbonyl (C=O) groups is 1. The van der Waals surface area contributed by atoms with Gasteiger partial charge >= 0.3 is 0 Å². The van der Waals surface area contributed by atoms with Gasteiger partial charge in [-0.15, -0.1) is 0 Å². The molecular weight excluding hydrogens is 526 g/mol. The SMILES string of the molecule is COc1ccc(COC(C)COC[C@H](Cc2ccc(OCc3ccccc3)cc2)NC(=O)CCc2ccccc2)cc1. The molecule has 0 saturated carbocycles. The highest BCUT2D eigenvalue weighted by Gasteiger charge is 2.15. The Morgan fingerprint density at radius 3 is 1.95 bits per heavy atom. The molecule has 1 unspecified atom stereocenters. The van der Waals surface area contributed by atoms with Crippen LogP contribution in [0.25, 0.3) is 0 Å². The van der Waals surface area contributed by atoms with Crippen molar-refractivity contribution in [3.8, 4) is 11.5 Å². The maximum absolute atomic E-state index is 12.9. The van der Waals surface area contributed by atoms with Crippen molar-refractivity contribution in [1.29, 1.82) is 0 Å². The first kappa shape index (κ1) is 30.8. The predicted octanol–water partition coefficient (Wildman–Crippen LogP) is 6.56. The van der Waals surface area contributed by atoms with Crippen LogP contribution in [0, 0.1) is 0 Å². The quantitative estimate of drug-likeness (QED) is 0.157. The van der Waals surface area contributed by atoms with Crippen molar-refractivity contribution in [3.63, 3.8) is 0 Å². The van der Waals surface area contributed by atoms with Gasteiger partial charge < -0.3 is 24.3 Å². The monoisotopic (exact) mass is 567 g/mol. The molecule has 0 saturated heterocycles. The number of hydrogen-bond acceptors (Lipinski definition) is 5. The second-order valence-electron chi connectivity index (χ2n) is 10.4. The Labute approximate surface area is 249 Å². The minimum Gasteiger partial charge on any atom is -0.497 e. The number of methoxy groups -OCH3 is 1. The van der Waals surface area contributed by atoms with Crippen LogP contribution in [0.5, 0.6) is 11.5 Å². The van der Waals surface area contributed by atoms with Crippen molar-refractivity contribution >= 4 is 5.91 Å². The molecule has 0 aromatic heterocycles. The molecule has 0 heterocycles. The normalized spacial score (nSPS) is 12.3. The molecule has 0 spiro atoms. The molecule has 0 aliphatic carbocycles. The smallest absolute Gasteiger partial charge is 0.220 e. The van der Waals surface area contributed by atoms with Crippen LogP contribution in [0.4, 0.5) is 0 Å². The number of ether oxygens (including phenoxy) is 4. The first-order valence-corrected chi connectivity index (χ1v) is 14.5. The maximum atomic E-state index is 12.9. The summed E-state index contributed by atoms with van der Waals surface area (Å²) < 4.78 is 23.2. The Bertz CT molecular complexity index is 1310. The van der Waals surface area contributed by atoms with Crippen molar-refractivity contribution in [2.45, 2.75) is 51.5 Å². The standard InChI is InChI=1S/C36H41NO5/c1-28(41-25-32-15-18-34(39-2)19-16-32)24-40-27-33(37-36(38)22-17-29-9-5-3-6-10-29)23-30-13-20-35(21-14-30)42-26-31-11-7-4-8-12-31/h3-16,18-21,28,33H,17,22-27H2,1-2H3,(H,37,38)/t28?,33-/m0/s1. The molecular formula is C36H41NO5. The molecule has 220 valence electrons. The number of benzene rings is 4. The van der Waals surface area contributed by atoms with Crippen LogP contribution in [0.15, 0.2) is 109 Å². The van der Waals surface area contributed by atoms with E-state index in [9.17, 15) is 4.79 Å². The number of hydrogen-bond donors (Lipinski definition) is 1. The fourth-order valence-corrected chi connectivity index (χ4v) is 4.49. The molecule has 0 radical (unpaired) electrons. The average Bonchev–Trinajstić information content (AvgIpc) is 3.03. The molecule has 4 rings (SSSR count). The molecule has 42 heavy (non-hydrogen) atoms. The van der Waals surface area contributed by atoms with Crippen LogP contribution in [-0.4, -0.2) is 38.4 Å². The van der Waals surface area contributed by atoms with E-state index in [1.54, 1.807) is 7.11 Å². The summed E-state index contributed by atoms with van der Waals surface area (Å²) in [4.78, 5) is 12.9. The van der Waals surface area contributed by atoms with Crippen LogP contribution in [0.3, 0.4) is 0 Å². The Morgan fingerprint density at radius 1 is 0.690 bits per heavy atom. The van der Waals surface area contributed by atoms with Crippen LogP contribution < -0.4 is 14.8 Å². The third kappa shape index (κ3) is 11.0. The first-order chi connectivity index (χ1) is 20.6. The fourth-order valence-electron chi connectivity index (χ4n) is 4.49. The lowest BCUT2D eigenvalue weighted by molar-refractivity contribution is -0.122. The molecule has 6 nitrogen and oxygen atoms in total. The van der Waals surface area contributed by atoms with Crippen molar-refractivity contribution in [2.75, 3.05) is 20.3 Å². The Balaban J connectivity index is 1.27. The van der Waals surface area contributed by atoms with E-state index in [-0.39, 0.29) is 18.1 Å². The molecule has 0 aliphatic rings. The molecule has 6 heteroatoms. The zero-order valence-electron chi connectivity index (χ0n) is 24.5. The van der Waals surface area contributed by atoms with Gasteiger partial charge in [0.15, 0.2) is 0 Å². The predicted molar refractivity (Wildman–Crippen MR) is 166 cm³/mol. The van der Waals surface area contributed by atoms with Gasteiger partial charge in [-0.25, -0.2) is 0 Å². The number of nitrogens with one attached hydrogen (secondary N) is 1. The van der Waals surface area contributed by atoms with Gasteiger partial charge in [0, 0.05) is 6.42 Å². The van der Waals surface area contributed by atoms with E-state index in [0.29, 0.717) is 45.7 Å². The minimum absolute atomic E-state index is 0.0130. The number of carbonyl (C=O) groups excluding carboxylic acids is 1. The topological polar surface area (TPSA) is 66.0 Å². The van der Waals surface area contributed by atoms with E-state index in [0.717, 1.165) is 33.8 Å². The van der Waals surface area contributed by atoms with Crippen LogP contribution >= 0.6 is 0 Å². The number of aryl methyl sites for hydroxylation is 1. The summed E-state index contributed by atoms with van der Waals surface area (Å²) in [6.07, 6.45) is 1.68. The van der Waals surface area contributed by atoms with Gasteiger partial charge in [0.2, 0.25) is 5.91 Å². The number of rotatable bonds is 17. The van der Waals surface area contributed by atoms with Crippen LogP contribution in [0.2, 0.25) is 0 Å². The summed E-state index contributed by atoms with van der Waals surface area (Å²) in [5.74, 6) is 1.64. The summed E-state index contributed by atoms with van der Waals surface area (Å²) in [6, 6.07) is 35.9. The Kier molecular flexibility index (Phi) is 12.5. The van der Waals surface area contributed by atoms with Gasteiger partial charge in [-0.05, 0) is 66.3 Å². The van der Waals surface area contributed by atoms with E-state index < -0.39 is 0 Å². The van der Waals surface area contributed by atoms with Crippen molar-refractivity contribution in [3.05, 3.63) is 131 Å². The molecule has 1 N–H and O–H groups in total. The fraction of sp³-hybridized carbons (Fsp3) is 0.306.